The minimum Gasteiger partial charge on any atom is -0.485 e. The molecule has 0 fully saturated rings. The predicted octanol–water partition coefficient (Wildman–Crippen LogP) is 3.43. The van der Waals surface area contributed by atoms with Crippen molar-refractivity contribution in [3.63, 3.8) is 0 Å². The summed E-state index contributed by atoms with van der Waals surface area (Å²) in [5.41, 5.74) is 1.50. The maximum atomic E-state index is 12.3. The Kier molecular flexibility index (Phi) is 3.71. The number of hydrogen-bond donors (Lipinski definition) is 1. The molecule has 1 N–H and O–H groups in total. The highest BCUT2D eigenvalue weighted by atomic mass is 35.5. The first-order valence-electron chi connectivity index (χ1n) is 6.59. The maximum absolute atomic E-state index is 12.3. The number of anilines is 1. The van der Waals surface area contributed by atoms with Gasteiger partial charge in [0.1, 0.15) is 6.61 Å². The van der Waals surface area contributed by atoms with E-state index in [-0.39, 0.29) is 12.5 Å². The van der Waals surface area contributed by atoms with Gasteiger partial charge in [0.05, 0.1) is 0 Å². The Morgan fingerprint density at radius 2 is 1.95 bits per heavy atom. The first-order chi connectivity index (χ1) is 10.1. The number of nitrogens with one attached hydrogen (secondary N) is 1. The molecule has 0 spiro atoms. The van der Waals surface area contributed by atoms with Crippen molar-refractivity contribution < 1.29 is 14.3 Å². The molecule has 1 aliphatic heterocycles. The highest BCUT2D eigenvalue weighted by molar-refractivity contribution is 6.31. The Hall–Kier alpha value is -2.20. The zero-order valence-corrected chi connectivity index (χ0v) is 12.2. The summed E-state index contributed by atoms with van der Waals surface area (Å²) < 4.78 is 11.2. The molecule has 0 saturated carbocycles. The Morgan fingerprint density at radius 1 is 1.19 bits per heavy atom. The van der Waals surface area contributed by atoms with Crippen molar-refractivity contribution in [2.45, 2.75) is 13.0 Å². The average Bonchev–Trinajstić information content (AvgIpc) is 2.51. The second-order valence-electron chi connectivity index (χ2n) is 4.77. The number of benzene rings is 2. The molecule has 0 unspecified atom stereocenters. The average molecular weight is 304 g/mol. The molecule has 3 rings (SSSR count). The predicted molar refractivity (Wildman–Crippen MR) is 81.2 cm³/mol. The molecular formula is C16H14ClNO3. The molecule has 2 aromatic rings. The highest BCUT2D eigenvalue weighted by Gasteiger charge is 2.27. The van der Waals surface area contributed by atoms with Gasteiger partial charge in [-0.15, -0.1) is 0 Å². The van der Waals surface area contributed by atoms with Crippen LogP contribution in [0.25, 0.3) is 0 Å². The van der Waals surface area contributed by atoms with E-state index < -0.39 is 6.10 Å². The van der Waals surface area contributed by atoms with Crippen LogP contribution in [0.3, 0.4) is 0 Å². The molecular weight excluding hydrogens is 290 g/mol. The van der Waals surface area contributed by atoms with Gasteiger partial charge in [0.15, 0.2) is 11.5 Å². The molecule has 1 aliphatic rings. The third-order valence-corrected chi connectivity index (χ3v) is 3.74. The van der Waals surface area contributed by atoms with Crippen molar-refractivity contribution in [2.24, 2.45) is 0 Å². The van der Waals surface area contributed by atoms with Crippen LogP contribution in [0.1, 0.15) is 5.56 Å². The highest BCUT2D eigenvalue weighted by Crippen LogP contribution is 2.31. The van der Waals surface area contributed by atoms with Gasteiger partial charge in [-0.25, -0.2) is 0 Å². The van der Waals surface area contributed by atoms with Crippen molar-refractivity contribution in [1.82, 2.24) is 0 Å². The third kappa shape index (κ3) is 2.81. The Bertz CT molecular complexity index is 687. The Morgan fingerprint density at radius 3 is 2.76 bits per heavy atom. The van der Waals surface area contributed by atoms with Gasteiger partial charge in [0.25, 0.3) is 5.91 Å². The van der Waals surface area contributed by atoms with Gasteiger partial charge in [-0.2, -0.15) is 0 Å². The largest absolute Gasteiger partial charge is 0.485 e. The fourth-order valence-corrected chi connectivity index (χ4v) is 2.28. The molecule has 0 radical (unpaired) electrons. The molecule has 1 heterocycles. The number of rotatable bonds is 2. The second-order valence-corrected chi connectivity index (χ2v) is 5.17. The SMILES string of the molecule is Cc1c(Cl)cccc1NC(=O)[C@H]1COc2ccccc2O1. The van der Waals surface area contributed by atoms with Crippen LogP contribution in [0, 0.1) is 6.92 Å². The van der Waals surface area contributed by atoms with Crippen LogP contribution in [0.15, 0.2) is 42.5 Å². The lowest BCUT2D eigenvalue weighted by atomic mass is 10.2. The summed E-state index contributed by atoms with van der Waals surface area (Å²) in [5, 5.41) is 3.43. The monoisotopic (exact) mass is 303 g/mol. The van der Waals surface area contributed by atoms with E-state index in [1.54, 1.807) is 24.3 Å². The molecule has 0 bridgehead atoms. The zero-order valence-electron chi connectivity index (χ0n) is 11.4. The van der Waals surface area contributed by atoms with Crippen LogP contribution in [-0.2, 0) is 4.79 Å². The molecule has 5 heteroatoms. The summed E-state index contributed by atoms with van der Waals surface area (Å²) >= 11 is 6.04. The quantitative estimate of drug-likeness (QED) is 0.924. The smallest absolute Gasteiger partial charge is 0.269 e. The van der Waals surface area contributed by atoms with E-state index in [4.69, 9.17) is 21.1 Å². The lowest BCUT2D eigenvalue weighted by Crippen LogP contribution is -2.40. The molecule has 0 aromatic heterocycles. The Balaban J connectivity index is 1.74. The molecule has 21 heavy (non-hydrogen) atoms. The molecule has 1 amide bonds. The van der Waals surface area contributed by atoms with Crippen molar-refractivity contribution in [3.8, 4) is 11.5 Å². The summed E-state index contributed by atoms with van der Waals surface area (Å²) in [6.07, 6.45) is -0.682. The standard InChI is InChI=1S/C16H14ClNO3/c1-10-11(17)5-4-6-12(10)18-16(19)15-9-20-13-7-2-3-8-14(13)21-15/h2-8,15H,9H2,1H3,(H,18,19)/t15-/m1/s1. The van der Waals surface area contributed by atoms with Crippen LogP contribution in [0.2, 0.25) is 5.02 Å². The van der Waals surface area contributed by atoms with E-state index in [0.29, 0.717) is 22.2 Å². The number of para-hydroxylation sites is 2. The molecule has 108 valence electrons. The minimum atomic E-state index is -0.682. The van der Waals surface area contributed by atoms with Gasteiger partial charge in [-0.1, -0.05) is 29.8 Å². The van der Waals surface area contributed by atoms with E-state index in [9.17, 15) is 4.79 Å². The van der Waals surface area contributed by atoms with Gasteiger partial charge >= 0.3 is 0 Å². The first-order valence-corrected chi connectivity index (χ1v) is 6.97. The van der Waals surface area contributed by atoms with Crippen molar-refractivity contribution >= 4 is 23.2 Å². The minimum absolute atomic E-state index is 0.183. The van der Waals surface area contributed by atoms with Crippen LogP contribution >= 0.6 is 11.6 Å². The van der Waals surface area contributed by atoms with Crippen LogP contribution < -0.4 is 14.8 Å². The van der Waals surface area contributed by atoms with Gasteiger partial charge in [0, 0.05) is 10.7 Å². The van der Waals surface area contributed by atoms with Gasteiger partial charge in [-0.05, 0) is 36.8 Å². The fraction of sp³-hybridized carbons (Fsp3) is 0.188. The number of ether oxygens (including phenoxy) is 2. The topological polar surface area (TPSA) is 47.6 Å². The first kappa shape index (κ1) is 13.8. The van der Waals surface area contributed by atoms with Crippen molar-refractivity contribution in [1.29, 1.82) is 0 Å². The van der Waals surface area contributed by atoms with Gasteiger partial charge in [-0.3, -0.25) is 4.79 Å². The van der Waals surface area contributed by atoms with Crippen molar-refractivity contribution in [3.05, 3.63) is 53.1 Å². The van der Waals surface area contributed by atoms with Crippen molar-refractivity contribution in [2.75, 3.05) is 11.9 Å². The number of carbonyl (C=O) groups is 1. The molecule has 2 aromatic carbocycles. The molecule has 4 nitrogen and oxygen atoms in total. The number of hydrogen-bond acceptors (Lipinski definition) is 3. The van der Waals surface area contributed by atoms with E-state index in [1.165, 1.54) is 0 Å². The second kappa shape index (κ2) is 5.66. The lowest BCUT2D eigenvalue weighted by Gasteiger charge is -2.25. The summed E-state index contributed by atoms with van der Waals surface area (Å²) in [7, 11) is 0. The van der Waals surface area contributed by atoms with E-state index in [0.717, 1.165) is 5.56 Å². The van der Waals surface area contributed by atoms with E-state index >= 15 is 0 Å². The third-order valence-electron chi connectivity index (χ3n) is 3.33. The van der Waals surface area contributed by atoms with Crippen LogP contribution in [0.5, 0.6) is 11.5 Å². The maximum Gasteiger partial charge on any atom is 0.269 e. The van der Waals surface area contributed by atoms with E-state index in [1.807, 2.05) is 25.1 Å². The van der Waals surface area contributed by atoms with Gasteiger partial charge < -0.3 is 14.8 Å². The normalized spacial score (nSPS) is 16.4. The summed E-state index contributed by atoms with van der Waals surface area (Å²) in [6, 6.07) is 12.7. The zero-order chi connectivity index (χ0) is 14.8. The Labute approximate surface area is 127 Å². The molecule has 0 saturated heterocycles. The van der Waals surface area contributed by atoms with E-state index in [2.05, 4.69) is 5.32 Å². The molecule has 0 aliphatic carbocycles. The fourth-order valence-electron chi connectivity index (χ4n) is 2.10. The lowest BCUT2D eigenvalue weighted by molar-refractivity contribution is -0.125. The summed E-state index contributed by atoms with van der Waals surface area (Å²) in [6.45, 7) is 2.04. The van der Waals surface area contributed by atoms with Crippen LogP contribution in [0.4, 0.5) is 5.69 Å². The summed E-state index contributed by atoms with van der Waals surface area (Å²) in [4.78, 5) is 12.3. The van der Waals surface area contributed by atoms with Gasteiger partial charge in [0.2, 0.25) is 6.10 Å². The number of fused-ring (bicyclic) bond motifs is 1. The molecule has 1 atom stereocenters. The van der Waals surface area contributed by atoms with Crippen LogP contribution in [-0.4, -0.2) is 18.6 Å². The number of halogens is 1. The number of carbonyl (C=O) groups excluding carboxylic acids is 1. The summed E-state index contributed by atoms with van der Waals surface area (Å²) in [5.74, 6) is 0.974. The number of amides is 1.